The summed E-state index contributed by atoms with van der Waals surface area (Å²) in [5.74, 6) is 0. The largest absolute Gasteiger partial charge is 0.319 e. The highest BCUT2D eigenvalue weighted by molar-refractivity contribution is 5.85. The van der Waals surface area contributed by atoms with Crippen LogP contribution in [0.2, 0.25) is 0 Å². The van der Waals surface area contributed by atoms with Crippen LogP contribution >= 0.6 is 0 Å². The molecule has 3 aromatic rings. The monoisotopic (exact) mass is 248 g/mol. The normalized spacial score (nSPS) is 12.5. The predicted molar refractivity (Wildman–Crippen MR) is 79.0 cm³/mol. The second-order valence-corrected chi connectivity index (χ2v) is 4.81. The molecule has 0 aliphatic carbocycles. The number of hydrogen-bond donors (Lipinski definition) is 1. The Hall–Kier alpha value is -2.19. The van der Waals surface area contributed by atoms with Crippen LogP contribution in [0.25, 0.3) is 10.8 Å². The summed E-state index contributed by atoms with van der Waals surface area (Å²) in [6.45, 7) is 2.08. The average molecular weight is 248 g/mol. The maximum atomic E-state index is 6.39. The van der Waals surface area contributed by atoms with Gasteiger partial charge in [0, 0.05) is 11.6 Å². The van der Waals surface area contributed by atoms with Gasteiger partial charge in [0.2, 0.25) is 0 Å². The van der Waals surface area contributed by atoms with Gasteiger partial charge in [0.05, 0.1) is 11.7 Å². The highest BCUT2D eigenvalue weighted by atomic mass is 14.8. The van der Waals surface area contributed by atoms with Crippen molar-refractivity contribution in [3.63, 3.8) is 0 Å². The van der Waals surface area contributed by atoms with Gasteiger partial charge in [-0.2, -0.15) is 0 Å². The summed E-state index contributed by atoms with van der Waals surface area (Å²) in [5, 5.41) is 2.30. The zero-order valence-corrected chi connectivity index (χ0v) is 10.9. The van der Waals surface area contributed by atoms with E-state index in [1.165, 1.54) is 10.9 Å². The van der Waals surface area contributed by atoms with E-state index < -0.39 is 0 Å². The zero-order valence-electron chi connectivity index (χ0n) is 10.9. The molecule has 0 aliphatic heterocycles. The lowest BCUT2D eigenvalue weighted by Crippen LogP contribution is -2.14. The van der Waals surface area contributed by atoms with Crippen molar-refractivity contribution in [2.24, 2.45) is 5.73 Å². The summed E-state index contributed by atoms with van der Waals surface area (Å²) in [4.78, 5) is 4.49. The molecule has 0 fully saturated rings. The van der Waals surface area contributed by atoms with Crippen molar-refractivity contribution in [1.82, 2.24) is 4.98 Å². The zero-order chi connectivity index (χ0) is 13.2. The molecule has 1 atom stereocenters. The molecule has 0 amide bonds. The SMILES string of the molecule is Cc1cccc(C(N)c2nccc3ccccc23)c1. The molecule has 0 spiro atoms. The molecule has 0 saturated carbocycles. The molecule has 0 aliphatic rings. The molecular formula is C17H16N2. The molecule has 2 N–H and O–H groups in total. The molecule has 2 heteroatoms. The number of nitrogens with zero attached hydrogens (tertiary/aromatic N) is 1. The van der Waals surface area contributed by atoms with Crippen LogP contribution in [0.3, 0.4) is 0 Å². The number of aryl methyl sites for hydroxylation is 1. The number of aromatic nitrogens is 1. The molecule has 94 valence electrons. The summed E-state index contributed by atoms with van der Waals surface area (Å²) in [7, 11) is 0. The van der Waals surface area contributed by atoms with Gasteiger partial charge < -0.3 is 5.73 Å². The second-order valence-electron chi connectivity index (χ2n) is 4.81. The average Bonchev–Trinajstić information content (AvgIpc) is 2.46. The van der Waals surface area contributed by atoms with Crippen LogP contribution in [0.1, 0.15) is 22.9 Å². The molecule has 0 saturated heterocycles. The summed E-state index contributed by atoms with van der Waals surface area (Å²) in [6, 6.07) is 18.3. The van der Waals surface area contributed by atoms with Crippen LogP contribution in [0.15, 0.2) is 60.8 Å². The van der Waals surface area contributed by atoms with Gasteiger partial charge in [-0.05, 0) is 23.9 Å². The van der Waals surface area contributed by atoms with Crippen molar-refractivity contribution >= 4 is 10.8 Å². The first-order chi connectivity index (χ1) is 9.25. The smallest absolute Gasteiger partial charge is 0.0732 e. The van der Waals surface area contributed by atoms with Gasteiger partial charge in [0.1, 0.15) is 0 Å². The third-order valence-corrected chi connectivity index (χ3v) is 3.40. The fourth-order valence-electron chi connectivity index (χ4n) is 2.41. The Balaban J connectivity index is 2.14. The van der Waals surface area contributed by atoms with Gasteiger partial charge in [-0.1, -0.05) is 54.1 Å². The quantitative estimate of drug-likeness (QED) is 0.752. The van der Waals surface area contributed by atoms with E-state index in [0.717, 1.165) is 16.6 Å². The Kier molecular flexibility index (Phi) is 3.02. The first-order valence-electron chi connectivity index (χ1n) is 6.41. The molecule has 2 nitrogen and oxygen atoms in total. The van der Waals surface area contributed by atoms with Crippen LogP contribution in [-0.2, 0) is 0 Å². The van der Waals surface area contributed by atoms with Crippen molar-refractivity contribution < 1.29 is 0 Å². The first-order valence-corrected chi connectivity index (χ1v) is 6.41. The van der Waals surface area contributed by atoms with Gasteiger partial charge in [0.15, 0.2) is 0 Å². The highest BCUT2D eigenvalue weighted by Crippen LogP contribution is 2.25. The number of rotatable bonds is 2. The van der Waals surface area contributed by atoms with E-state index >= 15 is 0 Å². The maximum absolute atomic E-state index is 6.39. The number of pyridine rings is 1. The summed E-state index contributed by atoms with van der Waals surface area (Å²) >= 11 is 0. The number of hydrogen-bond acceptors (Lipinski definition) is 2. The van der Waals surface area contributed by atoms with Gasteiger partial charge in [-0.25, -0.2) is 0 Å². The van der Waals surface area contributed by atoms with E-state index in [2.05, 4.69) is 42.2 Å². The molecule has 3 rings (SSSR count). The van der Waals surface area contributed by atoms with Crippen LogP contribution in [-0.4, -0.2) is 4.98 Å². The minimum Gasteiger partial charge on any atom is -0.319 e. The topological polar surface area (TPSA) is 38.9 Å². The number of nitrogens with two attached hydrogens (primary N) is 1. The van der Waals surface area contributed by atoms with Crippen molar-refractivity contribution in [2.45, 2.75) is 13.0 Å². The molecular weight excluding hydrogens is 232 g/mol. The predicted octanol–water partition coefficient (Wildman–Crippen LogP) is 3.59. The van der Waals surface area contributed by atoms with E-state index in [0.29, 0.717) is 0 Å². The third kappa shape index (κ3) is 2.23. The van der Waals surface area contributed by atoms with Crippen LogP contribution in [0, 0.1) is 6.92 Å². The van der Waals surface area contributed by atoms with Crippen LogP contribution in [0.4, 0.5) is 0 Å². The van der Waals surface area contributed by atoms with Crippen LogP contribution in [0.5, 0.6) is 0 Å². The molecule has 19 heavy (non-hydrogen) atoms. The molecule has 1 heterocycles. The fourth-order valence-corrected chi connectivity index (χ4v) is 2.41. The molecule has 1 unspecified atom stereocenters. The minimum atomic E-state index is -0.189. The Bertz CT molecular complexity index is 714. The summed E-state index contributed by atoms with van der Waals surface area (Å²) < 4.78 is 0. The van der Waals surface area contributed by atoms with Gasteiger partial charge in [-0.15, -0.1) is 0 Å². The molecule has 2 aromatic carbocycles. The number of benzene rings is 2. The maximum Gasteiger partial charge on any atom is 0.0732 e. The summed E-state index contributed by atoms with van der Waals surface area (Å²) in [6.07, 6.45) is 1.83. The summed E-state index contributed by atoms with van der Waals surface area (Å²) in [5.41, 5.74) is 9.64. The van der Waals surface area contributed by atoms with Crippen molar-refractivity contribution in [3.05, 3.63) is 77.6 Å². The van der Waals surface area contributed by atoms with Gasteiger partial charge in [0.25, 0.3) is 0 Å². The molecule has 0 bridgehead atoms. The Morgan fingerprint density at radius 3 is 2.68 bits per heavy atom. The molecule has 0 radical (unpaired) electrons. The fraction of sp³-hybridized carbons (Fsp3) is 0.118. The van der Waals surface area contributed by atoms with Gasteiger partial charge >= 0.3 is 0 Å². The Morgan fingerprint density at radius 2 is 1.84 bits per heavy atom. The Morgan fingerprint density at radius 1 is 1.00 bits per heavy atom. The van der Waals surface area contributed by atoms with E-state index in [1.54, 1.807) is 0 Å². The van der Waals surface area contributed by atoms with Crippen LogP contribution < -0.4 is 5.73 Å². The third-order valence-electron chi connectivity index (χ3n) is 3.40. The lowest BCUT2D eigenvalue weighted by Gasteiger charge is -2.14. The van der Waals surface area contributed by atoms with E-state index in [9.17, 15) is 0 Å². The minimum absolute atomic E-state index is 0.189. The van der Waals surface area contributed by atoms with E-state index in [1.807, 2.05) is 30.5 Å². The highest BCUT2D eigenvalue weighted by Gasteiger charge is 2.13. The van der Waals surface area contributed by atoms with E-state index in [-0.39, 0.29) is 6.04 Å². The lowest BCUT2D eigenvalue weighted by molar-refractivity contribution is 0.839. The van der Waals surface area contributed by atoms with E-state index in [4.69, 9.17) is 5.73 Å². The lowest BCUT2D eigenvalue weighted by atomic mass is 9.98. The number of fused-ring (bicyclic) bond motifs is 1. The molecule has 1 aromatic heterocycles. The standard InChI is InChI=1S/C17H16N2/c1-12-5-4-7-14(11-12)16(18)17-15-8-3-2-6-13(15)9-10-19-17/h2-11,16H,18H2,1H3. The van der Waals surface area contributed by atoms with Crippen molar-refractivity contribution in [2.75, 3.05) is 0 Å². The van der Waals surface area contributed by atoms with Crippen molar-refractivity contribution in [1.29, 1.82) is 0 Å². The van der Waals surface area contributed by atoms with Gasteiger partial charge in [-0.3, -0.25) is 4.98 Å². The van der Waals surface area contributed by atoms with Crippen molar-refractivity contribution in [3.8, 4) is 0 Å². The first kappa shape index (κ1) is 11.9. The second kappa shape index (κ2) is 4.82. The Labute approximate surface area is 112 Å².